The molecule has 0 spiro atoms. The Bertz CT molecular complexity index is 579. The van der Waals surface area contributed by atoms with E-state index in [2.05, 4.69) is 4.98 Å². The molecule has 0 aliphatic heterocycles. The molecule has 0 saturated carbocycles. The van der Waals surface area contributed by atoms with Gasteiger partial charge >= 0.3 is 0 Å². The predicted molar refractivity (Wildman–Crippen MR) is 64.3 cm³/mol. The van der Waals surface area contributed by atoms with Crippen LogP contribution in [0.25, 0.3) is 12.0 Å². The molecule has 6 nitrogen and oxygen atoms in total. The summed E-state index contributed by atoms with van der Waals surface area (Å²) in [6.45, 7) is 0. The largest absolute Gasteiger partial charge is 0.504 e. The monoisotopic (exact) mass is 244 g/mol. The minimum atomic E-state index is -0.486. The smallest absolute Gasteiger partial charge is 0.290 e. The number of benzene rings is 1. The van der Waals surface area contributed by atoms with E-state index >= 15 is 0 Å². The molecule has 1 N–H and O–H groups in total. The van der Waals surface area contributed by atoms with Gasteiger partial charge in [-0.05, 0) is 12.1 Å². The number of nitro benzene ring substituents is 1. The molecule has 0 bridgehead atoms. The highest BCUT2D eigenvalue weighted by Gasteiger charge is 2.07. The Kier molecular flexibility index (Phi) is 3.29. The van der Waals surface area contributed by atoms with Gasteiger partial charge in [-0.2, -0.15) is 0 Å². The number of hydrogen-bond acceptors (Lipinski definition) is 4. The Morgan fingerprint density at radius 3 is 2.67 bits per heavy atom. The van der Waals surface area contributed by atoms with Gasteiger partial charge in [0.2, 0.25) is 0 Å². The van der Waals surface area contributed by atoms with Crippen LogP contribution >= 0.6 is 0 Å². The number of aliphatic hydroxyl groups is 1. The molecule has 1 aromatic heterocycles. The summed E-state index contributed by atoms with van der Waals surface area (Å²) >= 11 is 0. The Morgan fingerprint density at radius 2 is 2.11 bits per heavy atom. The zero-order valence-corrected chi connectivity index (χ0v) is 9.30. The maximum absolute atomic E-state index is 10.5. The summed E-state index contributed by atoms with van der Waals surface area (Å²) in [6, 6.07) is 7.38. The van der Waals surface area contributed by atoms with Gasteiger partial charge in [0.1, 0.15) is 12.4 Å². The highest BCUT2D eigenvalue weighted by molar-refractivity contribution is 5.66. The van der Waals surface area contributed by atoms with Crippen LogP contribution in [0.4, 0.5) is 5.69 Å². The molecule has 90 valence electrons. The van der Waals surface area contributed by atoms with Gasteiger partial charge in [0, 0.05) is 23.8 Å². The van der Waals surface area contributed by atoms with Crippen LogP contribution < -0.4 is 4.57 Å². The molecule has 2 aromatic rings. The maximum atomic E-state index is 10.5. The molecule has 18 heavy (non-hydrogen) atoms. The molecule has 0 aliphatic carbocycles. The number of rotatable bonds is 3. The van der Waals surface area contributed by atoms with Gasteiger partial charge in [0.05, 0.1) is 11.1 Å². The first-order valence-corrected chi connectivity index (χ1v) is 5.13. The third kappa shape index (κ3) is 2.67. The Labute approximate surface area is 103 Å². The van der Waals surface area contributed by atoms with E-state index in [1.54, 1.807) is 23.0 Å². The number of nitrogens with zero attached hydrogens (tertiary/aromatic N) is 3. The number of aromatic nitrogens is 2. The standard InChI is InChI=1S/C12H9N3O3/c16-12(8-14-7-1-6-13-9-14)10-2-4-11(5-3-10)15(17)18/h1-9H/p+1/b12-8-. The molecule has 0 radical (unpaired) electrons. The van der Waals surface area contributed by atoms with Crippen LogP contribution in [-0.4, -0.2) is 15.0 Å². The van der Waals surface area contributed by atoms with Crippen LogP contribution in [0.15, 0.2) is 49.1 Å². The lowest BCUT2D eigenvalue weighted by Gasteiger charge is -1.98. The van der Waals surface area contributed by atoms with E-state index in [0.29, 0.717) is 5.56 Å². The second-order valence-electron chi connectivity index (χ2n) is 3.52. The molecular weight excluding hydrogens is 234 g/mol. The van der Waals surface area contributed by atoms with Crippen molar-refractivity contribution in [3.63, 3.8) is 0 Å². The summed E-state index contributed by atoms with van der Waals surface area (Å²) in [5, 5.41) is 20.3. The van der Waals surface area contributed by atoms with E-state index in [4.69, 9.17) is 0 Å². The lowest BCUT2D eigenvalue weighted by atomic mass is 10.2. The number of non-ortho nitro benzene ring substituents is 1. The van der Waals surface area contributed by atoms with Crippen molar-refractivity contribution in [2.24, 2.45) is 0 Å². The van der Waals surface area contributed by atoms with Crippen molar-refractivity contribution in [3.05, 3.63) is 64.7 Å². The third-order valence-corrected chi connectivity index (χ3v) is 2.28. The van der Waals surface area contributed by atoms with Gasteiger partial charge in [0.15, 0.2) is 5.76 Å². The average Bonchev–Trinajstić information content (AvgIpc) is 2.40. The van der Waals surface area contributed by atoms with Gasteiger partial charge in [-0.25, -0.2) is 4.57 Å². The van der Waals surface area contributed by atoms with Crippen LogP contribution in [0.1, 0.15) is 5.56 Å². The van der Waals surface area contributed by atoms with Gasteiger partial charge in [-0.3, -0.25) is 10.1 Å². The van der Waals surface area contributed by atoms with Crippen LogP contribution in [0, 0.1) is 10.1 Å². The van der Waals surface area contributed by atoms with Crippen molar-refractivity contribution < 1.29 is 14.6 Å². The molecule has 0 saturated heterocycles. The van der Waals surface area contributed by atoms with Gasteiger partial charge in [-0.1, -0.05) is 4.98 Å². The van der Waals surface area contributed by atoms with Gasteiger partial charge in [0.25, 0.3) is 12.0 Å². The van der Waals surface area contributed by atoms with Crippen LogP contribution in [0.3, 0.4) is 0 Å². The molecule has 0 unspecified atom stereocenters. The van der Waals surface area contributed by atoms with Crippen molar-refractivity contribution >= 4 is 17.6 Å². The summed E-state index contributed by atoms with van der Waals surface area (Å²) < 4.78 is 1.58. The summed E-state index contributed by atoms with van der Waals surface area (Å²) in [4.78, 5) is 13.9. The maximum Gasteiger partial charge on any atom is 0.290 e. The van der Waals surface area contributed by atoms with Crippen molar-refractivity contribution in [3.8, 4) is 0 Å². The molecular formula is C12H10N3O3+. The van der Waals surface area contributed by atoms with Gasteiger partial charge < -0.3 is 5.11 Å². The third-order valence-electron chi connectivity index (χ3n) is 2.28. The Balaban J connectivity index is 2.26. The molecule has 0 aliphatic rings. The Morgan fingerprint density at radius 1 is 1.39 bits per heavy atom. The van der Waals surface area contributed by atoms with E-state index in [1.807, 2.05) is 0 Å². The number of aliphatic hydroxyl groups excluding tert-OH is 1. The van der Waals surface area contributed by atoms with Gasteiger partial charge in [-0.15, -0.1) is 0 Å². The van der Waals surface area contributed by atoms with E-state index < -0.39 is 4.92 Å². The predicted octanol–water partition coefficient (Wildman–Crippen LogP) is 1.79. The summed E-state index contributed by atoms with van der Waals surface area (Å²) in [7, 11) is 0. The second kappa shape index (κ2) is 5.05. The molecule has 0 amide bonds. The van der Waals surface area contributed by atoms with E-state index in [0.717, 1.165) is 0 Å². The molecule has 1 heterocycles. The van der Waals surface area contributed by atoms with E-state index in [-0.39, 0.29) is 11.4 Å². The van der Waals surface area contributed by atoms with Crippen molar-refractivity contribution in [1.29, 1.82) is 0 Å². The molecule has 0 atom stereocenters. The normalized spacial score (nSPS) is 11.2. The van der Waals surface area contributed by atoms with Crippen molar-refractivity contribution in [1.82, 2.24) is 4.98 Å². The highest BCUT2D eigenvalue weighted by atomic mass is 16.6. The number of nitro groups is 1. The quantitative estimate of drug-likeness (QED) is 0.386. The summed E-state index contributed by atoms with van der Waals surface area (Å²) in [5.41, 5.74) is 0.484. The first-order valence-electron chi connectivity index (χ1n) is 5.13. The average molecular weight is 244 g/mol. The van der Waals surface area contributed by atoms with Crippen LogP contribution in [0.5, 0.6) is 0 Å². The Hall–Kier alpha value is -2.76. The van der Waals surface area contributed by atoms with Crippen molar-refractivity contribution in [2.75, 3.05) is 0 Å². The van der Waals surface area contributed by atoms with Crippen molar-refractivity contribution in [2.45, 2.75) is 0 Å². The molecule has 0 fully saturated rings. The lowest BCUT2D eigenvalue weighted by Crippen LogP contribution is -2.25. The lowest BCUT2D eigenvalue weighted by molar-refractivity contribution is -0.571. The molecule has 1 aromatic carbocycles. The zero-order chi connectivity index (χ0) is 13.0. The highest BCUT2D eigenvalue weighted by Crippen LogP contribution is 2.16. The minimum Gasteiger partial charge on any atom is -0.504 e. The number of hydrogen-bond donors (Lipinski definition) is 1. The summed E-state index contributed by atoms with van der Waals surface area (Å²) in [6.07, 6.45) is 6.33. The molecule has 6 heteroatoms. The summed E-state index contributed by atoms with van der Waals surface area (Å²) in [5.74, 6) is 0.00268. The first-order chi connectivity index (χ1) is 8.66. The second-order valence-corrected chi connectivity index (χ2v) is 3.52. The van der Waals surface area contributed by atoms with E-state index in [9.17, 15) is 15.2 Å². The zero-order valence-electron chi connectivity index (χ0n) is 9.30. The van der Waals surface area contributed by atoms with Crippen LogP contribution in [-0.2, 0) is 0 Å². The fourth-order valence-electron chi connectivity index (χ4n) is 1.39. The van der Waals surface area contributed by atoms with Crippen LogP contribution in [0.2, 0.25) is 0 Å². The SMILES string of the molecule is O=[N+]([O-])c1ccc(/C(O)=C/[n+]2cccnc2)cc1. The topological polar surface area (TPSA) is 80.1 Å². The molecule has 2 rings (SSSR count). The minimum absolute atomic E-state index is 0.00268. The first kappa shape index (κ1) is 11.7. The van der Waals surface area contributed by atoms with E-state index in [1.165, 1.54) is 36.8 Å². The fraction of sp³-hybridized carbons (Fsp3) is 0. The fourth-order valence-corrected chi connectivity index (χ4v) is 1.39.